The molecule has 154 valence electrons. The summed E-state index contributed by atoms with van der Waals surface area (Å²) >= 11 is 0. The van der Waals surface area contributed by atoms with E-state index in [9.17, 15) is 17.6 Å². The van der Waals surface area contributed by atoms with Crippen LogP contribution in [-0.4, -0.2) is 25.2 Å². The number of nitrogens with one attached hydrogen (secondary N) is 1. The number of rotatable bonds is 8. The quantitative estimate of drug-likeness (QED) is 0.587. The topological polar surface area (TPSA) is 66.5 Å². The molecule has 0 atom stereocenters. The van der Waals surface area contributed by atoms with Crippen molar-refractivity contribution < 1.29 is 17.6 Å². The number of sulfonamides is 1. The Morgan fingerprint density at radius 2 is 1.60 bits per heavy atom. The Balaban J connectivity index is 1.80. The maximum absolute atomic E-state index is 13.4. The van der Waals surface area contributed by atoms with Crippen LogP contribution in [0.5, 0.6) is 0 Å². The van der Waals surface area contributed by atoms with E-state index < -0.39 is 28.3 Å². The van der Waals surface area contributed by atoms with Crippen molar-refractivity contribution in [3.8, 4) is 0 Å². The number of hydrogen-bond acceptors (Lipinski definition) is 3. The Hall–Kier alpha value is -3.29. The summed E-state index contributed by atoms with van der Waals surface area (Å²) in [5, 5.41) is 3.62. The zero-order chi connectivity index (χ0) is 21.4. The van der Waals surface area contributed by atoms with Crippen molar-refractivity contribution in [2.75, 3.05) is 11.9 Å². The van der Waals surface area contributed by atoms with Gasteiger partial charge < -0.3 is 5.32 Å². The van der Waals surface area contributed by atoms with E-state index in [0.717, 1.165) is 20.8 Å². The van der Waals surface area contributed by atoms with Gasteiger partial charge in [0.15, 0.2) is 0 Å². The maximum Gasteiger partial charge on any atom is 0.239 e. The van der Waals surface area contributed by atoms with Crippen LogP contribution in [0.2, 0.25) is 0 Å². The minimum absolute atomic E-state index is 0.0267. The standard InChI is InChI=1S/C23H21FN2O3S/c24-21-12-7-13-22(16-21)25-23(27)18-26(17-20-10-5-2-6-11-20)30(28,29)15-14-19-8-3-1-4-9-19/h1-16H,17-18H2,(H,25,27)/b15-14+. The van der Waals surface area contributed by atoms with Crippen molar-refractivity contribution in [3.63, 3.8) is 0 Å². The second kappa shape index (κ2) is 9.96. The summed E-state index contributed by atoms with van der Waals surface area (Å²) in [6, 6.07) is 23.4. The molecule has 0 fully saturated rings. The van der Waals surface area contributed by atoms with Crippen LogP contribution in [0, 0.1) is 5.82 Å². The SMILES string of the molecule is O=C(CN(Cc1ccccc1)S(=O)(=O)/C=C/c1ccccc1)Nc1cccc(F)c1. The van der Waals surface area contributed by atoms with E-state index in [1.165, 1.54) is 30.3 Å². The van der Waals surface area contributed by atoms with E-state index in [2.05, 4.69) is 5.32 Å². The zero-order valence-electron chi connectivity index (χ0n) is 16.1. The third-order valence-electron chi connectivity index (χ3n) is 4.22. The van der Waals surface area contributed by atoms with E-state index >= 15 is 0 Å². The predicted octanol–water partition coefficient (Wildman–Crippen LogP) is 4.27. The second-order valence-electron chi connectivity index (χ2n) is 6.57. The van der Waals surface area contributed by atoms with Crippen LogP contribution in [-0.2, 0) is 21.4 Å². The average molecular weight is 424 g/mol. The molecular weight excluding hydrogens is 403 g/mol. The van der Waals surface area contributed by atoms with Crippen molar-refractivity contribution in [1.82, 2.24) is 4.31 Å². The molecule has 0 aromatic heterocycles. The Morgan fingerprint density at radius 3 is 2.27 bits per heavy atom. The fourth-order valence-electron chi connectivity index (χ4n) is 2.76. The Morgan fingerprint density at radius 1 is 0.933 bits per heavy atom. The molecule has 0 radical (unpaired) electrons. The molecule has 30 heavy (non-hydrogen) atoms. The van der Waals surface area contributed by atoms with Gasteiger partial charge in [0.2, 0.25) is 15.9 Å². The lowest BCUT2D eigenvalue weighted by Gasteiger charge is -2.20. The monoisotopic (exact) mass is 424 g/mol. The van der Waals surface area contributed by atoms with Crippen molar-refractivity contribution in [1.29, 1.82) is 0 Å². The Bertz CT molecular complexity index is 1120. The molecule has 0 unspecified atom stereocenters. The van der Waals surface area contributed by atoms with Crippen LogP contribution in [0.3, 0.4) is 0 Å². The molecule has 0 aliphatic rings. The summed E-state index contributed by atoms with van der Waals surface area (Å²) in [5.41, 5.74) is 1.73. The molecule has 0 saturated heterocycles. The predicted molar refractivity (Wildman–Crippen MR) is 116 cm³/mol. The van der Waals surface area contributed by atoms with Gasteiger partial charge in [0.25, 0.3) is 0 Å². The van der Waals surface area contributed by atoms with Gasteiger partial charge in [-0.2, -0.15) is 4.31 Å². The van der Waals surface area contributed by atoms with E-state index in [1.807, 2.05) is 12.1 Å². The van der Waals surface area contributed by atoms with Crippen LogP contribution in [0.1, 0.15) is 11.1 Å². The van der Waals surface area contributed by atoms with E-state index in [1.54, 1.807) is 48.5 Å². The molecule has 3 aromatic rings. The molecule has 0 spiro atoms. The highest BCUT2D eigenvalue weighted by Gasteiger charge is 2.23. The highest BCUT2D eigenvalue weighted by Crippen LogP contribution is 2.14. The number of nitrogens with zero attached hydrogens (tertiary/aromatic N) is 1. The number of hydrogen-bond donors (Lipinski definition) is 1. The number of carbonyl (C=O) groups excluding carboxylic acids is 1. The van der Waals surface area contributed by atoms with Crippen LogP contribution >= 0.6 is 0 Å². The lowest BCUT2D eigenvalue weighted by Crippen LogP contribution is -2.36. The van der Waals surface area contributed by atoms with Crippen molar-refractivity contribution in [2.45, 2.75) is 6.54 Å². The summed E-state index contributed by atoms with van der Waals surface area (Å²) in [6.45, 7) is -0.383. The highest BCUT2D eigenvalue weighted by molar-refractivity contribution is 7.92. The molecule has 0 bridgehead atoms. The molecule has 0 heterocycles. The third kappa shape index (κ3) is 6.37. The second-order valence-corrected chi connectivity index (χ2v) is 8.39. The third-order valence-corrected chi connectivity index (χ3v) is 5.68. The average Bonchev–Trinajstić information content (AvgIpc) is 2.73. The first-order valence-corrected chi connectivity index (χ1v) is 10.8. The lowest BCUT2D eigenvalue weighted by atomic mass is 10.2. The van der Waals surface area contributed by atoms with E-state index in [4.69, 9.17) is 0 Å². The molecule has 0 saturated carbocycles. The molecule has 3 aromatic carbocycles. The van der Waals surface area contributed by atoms with Gasteiger partial charge in [-0.05, 0) is 35.4 Å². The first-order chi connectivity index (χ1) is 14.4. The van der Waals surface area contributed by atoms with Gasteiger partial charge in [-0.25, -0.2) is 12.8 Å². The largest absolute Gasteiger partial charge is 0.325 e. The van der Waals surface area contributed by atoms with Crippen LogP contribution < -0.4 is 5.32 Å². The first-order valence-electron chi connectivity index (χ1n) is 9.25. The van der Waals surface area contributed by atoms with Gasteiger partial charge in [0, 0.05) is 17.6 Å². The Labute approximate surface area is 175 Å². The van der Waals surface area contributed by atoms with Crippen LogP contribution in [0.4, 0.5) is 10.1 Å². The normalized spacial score (nSPS) is 11.7. The molecule has 1 amide bonds. The highest BCUT2D eigenvalue weighted by atomic mass is 32.2. The van der Waals surface area contributed by atoms with E-state index in [0.29, 0.717) is 0 Å². The van der Waals surface area contributed by atoms with Gasteiger partial charge in [-0.15, -0.1) is 0 Å². The van der Waals surface area contributed by atoms with Crippen molar-refractivity contribution in [3.05, 3.63) is 107 Å². The minimum atomic E-state index is -3.90. The fraction of sp³-hybridized carbons (Fsp3) is 0.0870. The lowest BCUT2D eigenvalue weighted by molar-refractivity contribution is -0.116. The fourth-order valence-corrected chi connectivity index (χ4v) is 3.89. The number of amides is 1. The van der Waals surface area contributed by atoms with Crippen molar-refractivity contribution in [2.24, 2.45) is 0 Å². The van der Waals surface area contributed by atoms with Gasteiger partial charge in [0.05, 0.1) is 6.54 Å². The Kier molecular flexibility index (Phi) is 7.11. The first kappa shape index (κ1) is 21.4. The summed E-state index contributed by atoms with van der Waals surface area (Å²) in [7, 11) is -3.90. The molecule has 5 nitrogen and oxygen atoms in total. The summed E-state index contributed by atoms with van der Waals surface area (Å²) in [5.74, 6) is -1.06. The maximum atomic E-state index is 13.4. The molecule has 0 aliphatic heterocycles. The number of benzene rings is 3. The van der Waals surface area contributed by atoms with E-state index in [-0.39, 0.29) is 12.2 Å². The molecule has 1 N–H and O–H groups in total. The molecule has 3 rings (SSSR count). The smallest absolute Gasteiger partial charge is 0.239 e. The number of anilines is 1. The summed E-state index contributed by atoms with van der Waals surface area (Å²) in [6.07, 6.45) is 1.48. The molecule has 0 aliphatic carbocycles. The van der Waals surface area contributed by atoms with Gasteiger partial charge >= 0.3 is 0 Å². The molecule has 7 heteroatoms. The van der Waals surface area contributed by atoms with Crippen LogP contribution in [0.15, 0.2) is 90.3 Å². The summed E-state index contributed by atoms with van der Waals surface area (Å²) < 4.78 is 40.3. The van der Waals surface area contributed by atoms with Gasteiger partial charge in [-0.3, -0.25) is 4.79 Å². The number of carbonyl (C=O) groups is 1. The zero-order valence-corrected chi connectivity index (χ0v) is 16.9. The molecular formula is C23H21FN2O3S. The van der Waals surface area contributed by atoms with Crippen LogP contribution in [0.25, 0.3) is 6.08 Å². The minimum Gasteiger partial charge on any atom is -0.325 e. The number of halogens is 1. The summed E-state index contributed by atoms with van der Waals surface area (Å²) in [4.78, 5) is 12.5. The van der Waals surface area contributed by atoms with Crippen molar-refractivity contribution >= 4 is 27.7 Å². The van der Waals surface area contributed by atoms with Gasteiger partial charge in [0.1, 0.15) is 5.82 Å². The van der Waals surface area contributed by atoms with Gasteiger partial charge in [-0.1, -0.05) is 66.7 Å².